The van der Waals surface area contributed by atoms with Crippen molar-refractivity contribution in [3.63, 3.8) is 0 Å². The highest BCUT2D eigenvalue weighted by Gasteiger charge is 2.41. The van der Waals surface area contributed by atoms with Gasteiger partial charge in [-0.25, -0.2) is 9.18 Å². The topological polar surface area (TPSA) is 120 Å². The summed E-state index contributed by atoms with van der Waals surface area (Å²) in [5.41, 5.74) is 1.39. The van der Waals surface area contributed by atoms with E-state index in [-0.39, 0.29) is 25.0 Å². The van der Waals surface area contributed by atoms with Gasteiger partial charge in [0.2, 0.25) is 0 Å². The van der Waals surface area contributed by atoms with E-state index in [0.717, 1.165) is 5.56 Å². The summed E-state index contributed by atoms with van der Waals surface area (Å²) >= 11 is 0. The van der Waals surface area contributed by atoms with E-state index >= 15 is 0 Å². The number of anilines is 1. The molecule has 5 rings (SSSR count). The Labute approximate surface area is 186 Å². The molecule has 1 fully saturated rings. The average molecular weight is 454 g/mol. The number of carbonyl (C=O) groups is 1. The van der Waals surface area contributed by atoms with Crippen LogP contribution in [0.1, 0.15) is 12.5 Å². The van der Waals surface area contributed by atoms with Gasteiger partial charge < -0.3 is 24.7 Å². The lowest BCUT2D eigenvalue weighted by molar-refractivity contribution is -0.389. The smallest absolute Gasteiger partial charge is 0.415 e. The monoisotopic (exact) mass is 454 g/mol. The second-order valence-corrected chi connectivity index (χ2v) is 8.14. The maximum Gasteiger partial charge on any atom is 0.415 e. The van der Waals surface area contributed by atoms with Gasteiger partial charge in [0.25, 0.3) is 0 Å². The minimum absolute atomic E-state index is 0.155. The van der Waals surface area contributed by atoms with Gasteiger partial charge in [0, 0.05) is 10.5 Å². The second kappa shape index (κ2) is 7.55. The molecule has 3 aromatic rings. The van der Waals surface area contributed by atoms with Crippen molar-refractivity contribution in [3.05, 3.63) is 70.2 Å². The summed E-state index contributed by atoms with van der Waals surface area (Å²) in [5.74, 6) is -0.772. The molecule has 0 bridgehead atoms. The molecule has 0 spiro atoms. The first-order valence-electron chi connectivity index (χ1n) is 10.2. The number of cyclic esters (lactones) is 1. The van der Waals surface area contributed by atoms with Gasteiger partial charge in [-0.05, 0) is 41.2 Å². The zero-order valence-electron chi connectivity index (χ0n) is 17.5. The molecule has 2 aliphatic heterocycles. The van der Waals surface area contributed by atoms with Crippen molar-refractivity contribution >= 4 is 17.6 Å². The fourth-order valence-corrected chi connectivity index (χ4v) is 4.11. The Morgan fingerprint density at radius 3 is 2.67 bits per heavy atom. The number of nitrogens with zero attached hydrogens (tertiary/aromatic N) is 4. The van der Waals surface area contributed by atoms with E-state index in [1.54, 1.807) is 28.8 Å². The number of benzene rings is 2. The van der Waals surface area contributed by atoms with Crippen LogP contribution in [-0.2, 0) is 16.9 Å². The van der Waals surface area contributed by atoms with Crippen LogP contribution in [-0.4, -0.2) is 44.9 Å². The average Bonchev–Trinajstić information content (AvgIpc) is 3.45. The number of imidazole rings is 1. The minimum Gasteiger partial charge on any atom is -0.441 e. The summed E-state index contributed by atoms with van der Waals surface area (Å²) in [6.45, 7) is 2.07. The number of amides is 1. The van der Waals surface area contributed by atoms with Crippen molar-refractivity contribution < 1.29 is 28.7 Å². The van der Waals surface area contributed by atoms with Gasteiger partial charge in [-0.2, -0.15) is 0 Å². The quantitative estimate of drug-likeness (QED) is 0.464. The minimum atomic E-state index is -0.766. The Morgan fingerprint density at radius 2 is 2.06 bits per heavy atom. The number of aliphatic hydroxyl groups excluding tert-OH is 1. The SMILES string of the molecule is CC1(c2ccc(-c3ccc(N4C[C@@H](CO)OC4=O)cc3F)cc2)Cn2cc([N+](=O)[O-])nc2O1. The van der Waals surface area contributed by atoms with E-state index in [4.69, 9.17) is 14.6 Å². The van der Waals surface area contributed by atoms with Gasteiger partial charge in [-0.1, -0.05) is 24.3 Å². The maximum absolute atomic E-state index is 14.9. The molecule has 3 heterocycles. The number of nitro groups is 1. The van der Waals surface area contributed by atoms with Crippen LogP contribution in [0.4, 0.5) is 20.7 Å². The molecule has 1 saturated heterocycles. The number of carbonyl (C=O) groups excluding carboxylic acids is 1. The Bertz CT molecular complexity index is 1230. The van der Waals surface area contributed by atoms with E-state index in [1.165, 1.54) is 17.2 Å². The van der Waals surface area contributed by atoms with Crippen LogP contribution in [0.5, 0.6) is 6.01 Å². The number of fused-ring (bicyclic) bond motifs is 1. The molecule has 2 aliphatic rings. The van der Waals surface area contributed by atoms with Gasteiger partial charge in [0.05, 0.1) is 25.4 Å². The zero-order chi connectivity index (χ0) is 23.3. The molecule has 11 heteroatoms. The molecule has 0 saturated carbocycles. The molecule has 1 unspecified atom stereocenters. The molecule has 0 radical (unpaired) electrons. The predicted octanol–water partition coefficient (Wildman–Crippen LogP) is 3.22. The lowest BCUT2D eigenvalue weighted by Gasteiger charge is -2.22. The highest BCUT2D eigenvalue weighted by Crippen LogP contribution is 2.38. The molecule has 170 valence electrons. The van der Waals surface area contributed by atoms with E-state index in [2.05, 4.69) is 4.98 Å². The number of ether oxygens (including phenoxy) is 2. The Kier molecular flexibility index (Phi) is 4.78. The number of hydrogen-bond acceptors (Lipinski definition) is 7. The molecule has 2 aromatic carbocycles. The van der Waals surface area contributed by atoms with Crippen LogP contribution < -0.4 is 9.64 Å². The summed E-state index contributed by atoms with van der Waals surface area (Å²) in [5, 5.41) is 20.1. The molecule has 10 nitrogen and oxygen atoms in total. The second-order valence-electron chi connectivity index (χ2n) is 8.14. The molecular formula is C22H19FN4O6. The molecule has 33 heavy (non-hydrogen) atoms. The van der Waals surface area contributed by atoms with Crippen molar-refractivity contribution in [2.24, 2.45) is 0 Å². The van der Waals surface area contributed by atoms with Crippen LogP contribution in [0, 0.1) is 15.9 Å². The third-order valence-corrected chi connectivity index (χ3v) is 5.85. The van der Waals surface area contributed by atoms with Gasteiger partial charge >= 0.3 is 17.9 Å². The molecule has 1 N–H and O–H groups in total. The molecule has 0 aliphatic carbocycles. The predicted molar refractivity (Wildman–Crippen MR) is 113 cm³/mol. The fourth-order valence-electron chi connectivity index (χ4n) is 4.11. The van der Waals surface area contributed by atoms with Gasteiger partial charge in [0.1, 0.15) is 18.1 Å². The maximum atomic E-state index is 14.9. The first kappa shape index (κ1) is 20.9. The first-order chi connectivity index (χ1) is 15.8. The molecular weight excluding hydrogens is 435 g/mol. The summed E-state index contributed by atoms with van der Waals surface area (Å²) in [7, 11) is 0. The van der Waals surface area contributed by atoms with Crippen molar-refractivity contribution in [2.45, 2.75) is 25.2 Å². The van der Waals surface area contributed by atoms with Crippen molar-refractivity contribution in [2.75, 3.05) is 18.1 Å². The highest BCUT2D eigenvalue weighted by molar-refractivity contribution is 5.90. The van der Waals surface area contributed by atoms with Crippen LogP contribution in [0.25, 0.3) is 11.1 Å². The number of hydrogen-bond donors (Lipinski definition) is 1. The van der Waals surface area contributed by atoms with Gasteiger partial charge in [0.15, 0.2) is 5.60 Å². The fraction of sp³-hybridized carbons (Fsp3) is 0.273. The summed E-state index contributed by atoms with van der Waals surface area (Å²) in [6.07, 6.45) is 0.0844. The standard InChI is InChI=1S/C22H19FN4O6/c1-22(12-25-10-19(27(30)31)24-20(25)33-22)14-4-2-13(3-5-14)17-7-6-15(8-18(17)23)26-9-16(11-28)32-21(26)29/h2-8,10,16,28H,9,11-12H2,1H3/t16-,22?/m0/s1. The largest absolute Gasteiger partial charge is 0.441 e. The molecule has 2 atom stereocenters. The summed E-state index contributed by atoms with van der Waals surface area (Å²) < 4.78 is 27.4. The van der Waals surface area contributed by atoms with Crippen LogP contribution in [0.15, 0.2) is 48.7 Å². The van der Waals surface area contributed by atoms with E-state index in [1.807, 2.05) is 19.1 Å². The third kappa shape index (κ3) is 3.55. The van der Waals surface area contributed by atoms with Crippen molar-refractivity contribution in [1.29, 1.82) is 0 Å². The van der Waals surface area contributed by atoms with Crippen LogP contribution in [0.2, 0.25) is 0 Å². The van der Waals surface area contributed by atoms with E-state index < -0.39 is 28.5 Å². The van der Waals surface area contributed by atoms with Gasteiger partial charge in [-0.3, -0.25) is 9.47 Å². The summed E-state index contributed by atoms with van der Waals surface area (Å²) in [4.78, 5) is 27.4. The Balaban J connectivity index is 1.35. The number of aromatic nitrogens is 2. The Morgan fingerprint density at radius 1 is 1.30 bits per heavy atom. The van der Waals surface area contributed by atoms with Gasteiger partial charge in [-0.15, -0.1) is 0 Å². The highest BCUT2D eigenvalue weighted by atomic mass is 19.1. The van der Waals surface area contributed by atoms with E-state index in [9.17, 15) is 19.3 Å². The number of aliphatic hydroxyl groups is 1. The third-order valence-electron chi connectivity index (χ3n) is 5.85. The van der Waals surface area contributed by atoms with Crippen LogP contribution in [0.3, 0.4) is 0 Å². The zero-order valence-corrected chi connectivity index (χ0v) is 17.5. The lowest BCUT2D eigenvalue weighted by Crippen LogP contribution is -2.28. The normalized spacial score (nSPS) is 21.6. The molecule has 1 amide bonds. The summed E-state index contributed by atoms with van der Waals surface area (Å²) in [6, 6.07) is 11.8. The number of rotatable bonds is 5. The first-order valence-corrected chi connectivity index (χ1v) is 10.2. The van der Waals surface area contributed by atoms with Crippen molar-refractivity contribution in [1.82, 2.24) is 9.55 Å². The van der Waals surface area contributed by atoms with E-state index in [0.29, 0.717) is 23.4 Å². The number of halogens is 1. The van der Waals surface area contributed by atoms with Crippen LogP contribution >= 0.6 is 0 Å². The Hall–Kier alpha value is -3.99. The molecule has 1 aromatic heterocycles. The lowest BCUT2D eigenvalue weighted by atomic mass is 9.93. The van der Waals surface area contributed by atoms with Crippen molar-refractivity contribution in [3.8, 4) is 17.1 Å².